The summed E-state index contributed by atoms with van der Waals surface area (Å²) in [7, 11) is 6.39. The fourth-order valence-corrected chi connectivity index (χ4v) is 4.47. The fraction of sp³-hybridized carbons (Fsp3) is 0.457. The zero-order valence-corrected chi connectivity index (χ0v) is 24.8. The molecule has 0 amide bonds. The number of rotatable bonds is 19. The van der Waals surface area contributed by atoms with Gasteiger partial charge in [-0.3, -0.25) is 9.28 Å². The van der Waals surface area contributed by atoms with Gasteiger partial charge in [0.2, 0.25) is 0 Å². The Hall–Kier alpha value is -3.31. The highest BCUT2D eigenvalue weighted by molar-refractivity contribution is 5.72. The maximum Gasteiger partial charge on any atom is 0.310 e. The summed E-state index contributed by atoms with van der Waals surface area (Å²) >= 11 is 0. The van der Waals surface area contributed by atoms with Crippen LogP contribution < -0.4 is 14.0 Å². The fourth-order valence-electron chi connectivity index (χ4n) is 4.47. The van der Waals surface area contributed by atoms with Crippen molar-refractivity contribution in [3.8, 4) is 11.5 Å². The molecule has 5 nitrogen and oxygen atoms in total. The number of hydrogen-bond acceptors (Lipinski definition) is 4. The zero-order chi connectivity index (χ0) is 28.5. The molecule has 216 valence electrons. The van der Waals surface area contributed by atoms with Crippen molar-refractivity contribution in [2.24, 2.45) is 0 Å². The lowest BCUT2D eigenvalue weighted by Crippen LogP contribution is -2.34. The van der Waals surface area contributed by atoms with Crippen molar-refractivity contribution in [2.75, 3.05) is 34.4 Å². The van der Waals surface area contributed by atoms with Gasteiger partial charge in [-0.2, -0.15) is 0 Å². The highest BCUT2D eigenvalue weighted by atomic mass is 16.5. The maximum atomic E-state index is 12.1. The average Bonchev–Trinajstić information content (AvgIpc) is 2.95. The predicted octanol–water partition coefficient (Wildman–Crippen LogP) is 8.14. The summed E-state index contributed by atoms with van der Waals surface area (Å²) in [6, 6.07) is 26.3. The monoisotopic (exact) mass is 546 g/mol. The van der Waals surface area contributed by atoms with Crippen LogP contribution in [0, 0.1) is 0 Å². The van der Waals surface area contributed by atoms with Crippen molar-refractivity contribution in [1.29, 1.82) is 0 Å². The summed E-state index contributed by atoms with van der Waals surface area (Å²) < 4.78 is 17.9. The van der Waals surface area contributed by atoms with E-state index in [1.807, 2.05) is 54.6 Å². The van der Waals surface area contributed by atoms with Crippen LogP contribution in [0.4, 0.5) is 5.69 Å². The summed E-state index contributed by atoms with van der Waals surface area (Å²) in [6.07, 6.45) is 11.0. The minimum absolute atomic E-state index is 0.133. The molecule has 0 bridgehead atoms. The van der Waals surface area contributed by atoms with Crippen LogP contribution in [0.2, 0.25) is 0 Å². The van der Waals surface area contributed by atoms with Crippen LogP contribution in [-0.2, 0) is 22.6 Å². The number of carbonyl (C=O) groups is 1. The van der Waals surface area contributed by atoms with Gasteiger partial charge in [-0.05, 0) is 60.4 Å². The first-order chi connectivity index (χ1) is 19.4. The molecule has 0 heterocycles. The van der Waals surface area contributed by atoms with Crippen molar-refractivity contribution in [3.05, 3.63) is 90.0 Å². The van der Waals surface area contributed by atoms with Crippen molar-refractivity contribution in [1.82, 2.24) is 4.48 Å². The van der Waals surface area contributed by atoms with E-state index in [-0.39, 0.29) is 5.97 Å². The van der Waals surface area contributed by atoms with Gasteiger partial charge < -0.3 is 14.2 Å². The molecular formula is C35H48NO4+. The normalized spacial score (nSPS) is 11.3. The standard InChI is InChI=1S/C35H48NO4/c1-36(2,3)32-20-18-30(19-21-32)28-35(37)39-27-15-10-8-6-4-5-7-9-14-26-38-33-22-24-34(25-23-33)40-29-31-16-12-11-13-17-31/h11-13,16-25H,4-10,14-15,26-29H2,1-3H3/q+1. The second kappa shape index (κ2) is 17.4. The molecule has 0 spiro atoms. The molecule has 3 rings (SSSR count). The average molecular weight is 547 g/mol. The number of ether oxygens (including phenoxy) is 3. The van der Waals surface area contributed by atoms with Crippen LogP contribution in [-0.4, -0.2) is 40.3 Å². The molecule has 5 heteroatoms. The van der Waals surface area contributed by atoms with Gasteiger partial charge in [0.15, 0.2) is 0 Å². The first-order valence-electron chi connectivity index (χ1n) is 14.9. The van der Waals surface area contributed by atoms with Gasteiger partial charge in [0.05, 0.1) is 40.8 Å². The number of nitrogens with zero attached hydrogens (tertiary/aromatic N) is 1. The quantitative estimate of drug-likeness (QED) is 0.0865. The van der Waals surface area contributed by atoms with E-state index in [1.54, 1.807) is 0 Å². The Bertz CT molecular complexity index is 1090. The molecular weight excluding hydrogens is 498 g/mol. The molecule has 0 atom stereocenters. The molecule has 0 aromatic heterocycles. The Labute approximate surface area is 241 Å². The van der Waals surface area contributed by atoms with Gasteiger partial charge in [-0.25, -0.2) is 0 Å². The van der Waals surface area contributed by atoms with E-state index >= 15 is 0 Å². The maximum absolute atomic E-state index is 12.1. The van der Waals surface area contributed by atoms with Crippen LogP contribution in [0.1, 0.15) is 68.9 Å². The molecule has 3 aromatic rings. The molecule has 0 aliphatic rings. The van der Waals surface area contributed by atoms with E-state index in [4.69, 9.17) is 14.2 Å². The van der Waals surface area contributed by atoms with Gasteiger partial charge in [0.1, 0.15) is 23.8 Å². The molecule has 0 aliphatic carbocycles. The van der Waals surface area contributed by atoms with E-state index in [0.717, 1.165) is 53.0 Å². The van der Waals surface area contributed by atoms with Gasteiger partial charge in [-0.15, -0.1) is 0 Å². The molecule has 40 heavy (non-hydrogen) atoms. The summed E-state index contributed by atoms with van der Waals surface area (Å²) in [4.78, 5) is 12.1. The molecule has 0 saturated carbocycles. The van der Waals surface area contributed by atoms with E-state index in [9.17, 15) is 4.79 Å². The Kier molecular flexibility index (Phi) is 13.6. The van der Waals surface area contributed by atoms with E-state index in [0.29, 0.717) is 19.6 Å². The van der Waals surface area contributed by atoms with Crippen LogP contribution >= 0.6 is 0 Å². The third kappa shape index (κ3) is 12.7. The number of hydrogen-bond donors (Lipinski definition) is 0. The summed E-state index contributed by atoms with van der Waals surface area (Å²) in [5.41, 5.74) is 3.39. The highest BCUT2D eigenvalue weighted by Crippen LogP contribution is 2.20. The van der Waals surface area contributed by atoms with Crippen LogP contribution in [0.3, 0.4) is 0 Å². The number of benzene rings is 3. The smallest absolute Gasteiger partial charge is 0.310 e. The molecule has 0 fully saturated rings. The second-order valence-electron chi connectivity index (χ2n) is 11.4. The van der Waals surface area contributed by atoms with Crippen LogP contribution in [0.25, 0.3) is 0 Å². The summed E-state index contributed by atoms with van der Waals surface area (Å²) in [5, 5.41) is 0. The molecule has 0 aliphatic heterocycles. The van der Waals surface area contributed by atoms with Crippen molar-refractivity contribution in [2.45, 2.75) is 70.8 Å². The van der Waals surface area contributed by atoms with Gasteiger partial charge in [0.25, 0.3) is 0 Å². The van der Waals surface area contributed by atoms with E-state index < -0.39 is 0 Å². The number of unbranched alkanes of at least 4 members (excludes halogenated alkanes) is 8. The molecule has 0 saturated heterocycles. The van der Waals surface area contributed by atoms with Crippen LogP contribution in [0.5, 0.6) is 11.5 Å². The van der Waals surface area contributed by atoms with Gasteiger partial charge >= 0.3 is 5.97 Å². The lowest BCUT2D eigenvalue weighted by molar-refractivity contribution is -0.142. The van der Waals surface area contributed by atoms with Gasteiger partial charge in [-0.1, -0.05) is 87.4 Å². The van der Waals surface area contributed by atoms with Crippen LogP contribution in [0.15, 0.2) is 78.9 Å². The Morgan fingerprint density at radius 3 is 1.68 bits per heavy atom. The minimum Gasteiger partial charge on any atom is -0.494 e. The van der Waals surface area contributed by atoms with Gasteiger partial charge in [0, 0.05) is 0 Å². The largest absolute Gasteiger partial charge is 0.494 e. The Balaban J connectivity index is 1.10. The first-order valence-corrected chi connectivity index (χ1v) is 14.9. The third-order valence-electron chi connectivity index (χ3n) is 6.95. The highest BCUT2D eigenvalue weighted by Gasteiger charge is 2.12. The Morgan fingerprint density at radius 2 is 1.10 bits per heavy atom. The number of quaternary nitrogens is 1. The molecule has 0 unspecified atom stereocenters. The van der Waals surface area contributed by atoms with E-state index in [1.165, 1.54) is 44.2 Å². The lowest BCUT2D eigenvalue weighted by Gasteiger charge is -2.23. The lowest BCUT2D eigenvalue weighted by atomic mass is 10.1. The van der Waals surface area contributed by atoms with Crippen molar-refractivity contribution in [3.63, 3.8) is 0 Å². The van der Waals surface area contributed by atoms with E-state index in [2.05, 4.69) is 45.4 Å². The zero-order valence-electron chi connectivity index (χ0n) is 24.8. The molecule has 0 N–H and O–H groups in total. The number of esters is 1. The Morgan fingerprint density at radius 1 is 0.575 bits per heavy atom. The SMILES string of the molecule is C[N+](C)(C)c1ccc(CC(=O)OCCCCCCCCCCCOc2ccc(OCc3ccccc3)cc2)cc1. The summed E-state index contributed by atoms with van der Waals surface area (Å²) in [5.74, 6) is 1.62. The molecule has 0 radical (unpaired) electrons. The summed E-state index contributed by atoms with van der Waals surface area (Å²) in [6.45, 7) is 1.85. The number of carbonyl (C=O) groups excluding carboxylic acids is 1. The third-order valence-corrected chi connectivity index (χ3v) is 6.95. The van der Waals surface area contributed by atoms with Crippen molar-refractivity contribution < 1.29 is 19.0 Å². The molecule has 3 aromatic carbocycles. The topological polar surface area (TPSA) is 44.8 Å². The minimum atomic E-state index is -0.133. The second-order valence-corrected chi connectivity index (χ2v) is 11.4. The predicted molar refractivity (Wildman–Crippen MR) is 165 cm³/mol. The van der Waals surface area contributed by atoms with Crippen molar-refractivity contribution >= 4 is 11.7 Å². The first kappa shape index (κ1) is 31.2.